The highest BCUT2D eigenvalue weighted by Gasteiger charge is 2.14. The molecule has 4 nitrogen and oxygen atoms in total. The van der Waals surface area contributed by atoms with Gasteiger partial charge in [0.2, 0.25) is 5.91 Å². The summed E-state index contributed by atoms with van der Waals surface area (Å²) in [5.41, 5.74) is 4.92. The summed E-state index contributed by atoms with van der Waals surface area (Å²) in [5, 5.41) is 6.25. The molecule has 0 bridgehead atoms. The lowest BCUT2D eigenvalue weighted by atomic mass is 9.89. The molecule has 1 unspecified atom stereocenters. The van der Waals surface area contributed by atoms with Crippen LogP contribution in [0.5, 0.6) is 5.75 Å². The maximum Gasteiger partial charge on any atom is 0.239 e. The average Bonchev–Trinajstić information content (AvgIpc) is 2.67. The number of ether oxygens (including phenoxy) is 1. The lowest BCUT2D eigenvalue weighted by Gasteiger charge is -2.20. The van der Waals surface area contributed by atoms with Crippen molar-refractivity contribution in [1.82, 2.24) is 5.32 Å². The van der Waals surface area contributed by atoms with Crippen LogP contribution in [0.2, 0.25) is 0 Å². The van der Waals surface area contributed by atoms with Crippen molar-refractivity contribution >= 4 is 11.6 Å². The molecule has 2 N–H and O–H groups in total. The molecule has 1 amide bonds. The zero-order valence-electron chi connectivity index (χ0n) is 15.7. The first kappa shape index (κ1) is 18.3. The van der Waals surface area contributed by atoms with Crippen molar-refractivity contribution < 1.29 is 9.53 Å². The summed E-state index contributed by atoms with van der Waals surface area (Å²) in [7, 11) is 0. The molecule has 0 aliphatic heterocycles. The molecule has 138 valence electrons. The van der Waals surface area contributed by atoms with Crippen LogP contribution in [-0.4, -0.2) is 19.1 Å². The molecule has 2 aromatic carbocycles. The summed E-state index contributed by atoms with van der Waals surface area (Å²) in [6.45, 7) is 4.81. The smallest absolute Gasteiger partial charge is 0.239 e. The number of amides is 1. The Morgan fingerprint density at radius 2 is 1.88 bits per heavy atom. The summed E-state index contributed by atoms with van der Waals surface area (Å²) in [5.74, 6) is 0.743. The van der Waals surface area contributed by atoms with Gasteiger partial charge < -0.3 is 15.4 Å². The summed E-state index contributed by atoms with van der Waals surface area (Å²) in [6.07, 6.45) is 4.88. The number of carbonyl (C=O) groups excluding carboxylic acids is 1. The Kier molecular flexibility index (Phi) is 6.16. The van der Waals surface area contributed by atoms with Crippen molar-refractivity contribution in [3.63, 3.8) is 0 Å². The average molecular weight is 352 g/mol. The second-order valence-electron chi connectivity index (χ2n) is 6.81. The summed E-state index contributed by atoms with van der Waals surface area (Å²) in [4.78, 5) is 12.3. The minimum absolute atomic E-state index is 0.00124. The number of para-hydroxylation sites is 2. The molecule has 26 heavy (non-hydrogen) atoms. The van der Waals surface area contributed by atoms with Gasteiger partial charge in [0.25, 0.3) is 0 Å². The van der Waals surface area contributed by atoms with E-state index in [2.05, 4.69) is 28.8 Å². The van der Waals surface area contributed by atoms with Gasteiger partial charge in [-0.15, -0.1) is 0 Å². The zero-order valence-corrected chi connectivity index (χ0v) is 15.7. The van der Waals surface area contributed by atoms with Crippen LogP contribution >= 0.6 is 0 Å². The van der Waals surface area contributed by atoms with Gasteiger partial charge in [0.05, 0.1) is 24.9 Å². The van der Waals surface area contributed by atoms with Gasteiger partial charge in [0.1, 0.15) is 5.75 Å². The number of anilines is 1. The number of carbonyl (C=O) groups is 1. The van der Waals surface area contributed by atoms with Crippen molar-refractivity contribution in [2.75, 3.05) is 18.5 Å². The van der Waals surface area contributed by atoms with Crippen molar-refractivity contribution in [3.8, 4) is 5.75 Å². The van der Waals surface area contributed by atoms with E-state index in [-0.39, 0.29) is 18.5 Å². The van der Waals surface area contributed by atoms with Crippen LogP contribution in [0.1, 0.15) is 49.4 Å². The lowest BCUT2D eigenvalue weighted by Crippen LogP contribution is -2.32. The number of benzene rings is 2. The van der Waals surface area contributed by atoms with Crippen molar-refractivity contribution in [2.24, 2.45) is 0 Å². The van der Waals surface area contributed by atoms with E-state index in [9.17, 15) is 4.79 Å². The molecule has 3 rings (SSSR count). The topological polar surface area (TPSA) is 50.4 Å². The molecule has 1 aliphatic rings. The summed E-state index contributed by atoms with van der Waals surface area (Å²) >= 11 is 0. The predicted octanol–water partition coefficient (Wildman–Crippen LogP) is 4.25. The Labute approximate surface area is 156 Å². The van der Waals surface area contributed by atoms with Gasteiger partial charge in [-0.05, 0) is 68.4 Å². The van der Waals surface area contributed by atoms with Crippen molar-refractivity contribution in [1.29, 1.82) is 0 Å². The maximum atomic E-state index is 12.3. The van der Waals surface area contributed by atoms with Crippen LogP contribution in [0.25, 0.3) is 0 Å². The van der Waals surface area contributed by atoms with Gasteiger partial charge in [-0.3, -0.25) is 4.79 Å². The highest BCUT2D eigenvalue weighted by atomic mass is 16.5. The van der Waals surface area contributed by atoms with Gasteiger partial charge >= 0.3 is 0 Å². The first-order valence-corrected chi connectivity index (χ1v) is 9.54. The molecular formula is C22H28N2O2. The molecular weight excluding hydrogens is 324 g/mol. The Morgan fingerprint density at radius 3 is 2.69 bits per heavy atom. The molecule has 0 saturated carbocycles. The molecule has 0 heterocycles. The summed E-state index contributed by atoms with van der Waals surface area (Å²) in [6, 6.07) is 14.3. The van der Waals surface area contributed by atoms with Gasteiger partial charge in [-0.25, -0.2) is 0 Å². The van der Waals surface area contributed by atoms with E-state index in [1.54, 1.807) is 0 Å². The van der Waals surface area contributed by atoms with E-state index >= 15 is 0 Å². The molecule has 0 radical (unpaired) electrons. The van der Waals surface area contributed by atoms with E-state index < -0.39 is 0 Å². The van der Waals surface area contributed by atoms with E-state index in [0.717, 1.165) is 17.9 Å². The van der Waals surface area contributed by atoms with Crippen molar-refractivity contribution in [2.45, 2.75) is 45.6 Å². The third kappa shape index (κ3) is 4.57. The zero-order chi connectivity index (χ0) is 18.4. The van der Waals surface area contributed by atoms with E-state index in [1.807, 2.05) is 38.1 Å². The van der Waals surface area contributed by atoms with Crippen LogP contribution < -0.4 is 15.4 Å². The SMILES string of the molecule is CCOc1ccccc1NCC(=O)NC(C)c1ccc2c(c1)CCCC2. The normalized spacial score (nSPS) is 14.2. The molecule has 0 saturated heterocycles. The molecule has 1 aliphatic carbocycles. The molecule has 0 aromatic heterocycles. The van der Waals surface area contributed by atoms with E-state index in [4.69, 9.17) is 4.74 Å². The largest absolute Gasteiger partial charge is 0.492 e. The Balaban J connectivity index is 1.56. The van der Waals surface area contributed by atoms with Crippen LogP contribution in [0.4, 0.5) is 5.69 Å². The highest BCUT2D eigenvalue weighted by molar-refractivity contribution is 5.81. The number of hydrogen-bond acceptors (Lipinski definition) is 3. The third-order valence-electron chi connectivity index (χ3n) is 4.88. The van der Waals surface area contributed by atoms with Crippen LogP contribution in [0.3, 0.4) is 0 Å². The first-order chi connectivity index (χ1) is 12.7. The number of aryl methyl sites for hydroxylation is 2. The Bertz CT molecular complexity index is 758. The first-order valence-electron chi connectivity index (χ1n) is 9.54. The minimum Gasteiger partial charge on any atom is -0.492 e. The number of rotatable bonds is 7. The number of nitrogens with one attached hydrogen (secondary N) is 2. The fraction of sp³-hybridized carbons (Fsp3) is 0.409. The highest BCUT2D eigenvalue weighted by Crippen LogP contribution is 2.25. The fourth-order valence-electron chi connectivity index (χ4n) is 3.47. The van der Waals surface area contributed by atoms with Gasteiger partial charge in [-0.1, -0.05) is 30.3 Å². The molecule has 4 heteroatoms. The molecule has 1 atom stereocenters. The monoisotopic (exact) mass is 352 g/mol. The Hall–Kier alpha value is -2.49. The van der Waals surface area contributed by atoms with Crippen LogP contribution in [0, 0.1) is 0 Å². The third-order valence-corrected chi connectivity index (χ3v) is 4.88. The van der Waals surface area contributed by atoms with Crippen molar-refractivity contribution in [3.05, 3.63) is 59.2 Å². The predicted molar refractivity (Wildman–Crippen MR) is 106 cm³/mol. The van der Waals surface area contributed by atoms with Gasteiger partial charge in [0, 0.05) is 0 Å². The fourth-order valence-corrected chi connectivity index (χ4v) is 3.47. The van der Waals surface area contributed by atoms with E-state index in [1.165, 1.54) is 36.0 Å². The number of hydrogen-bond donors (Lipinski definition) is 2. The Morgan fingerprint density at radius 1 is 1.12 bits per heavy atom. The molecule has 2 aromatic rings. The second-order valence-corrected chi connectivity index (χ2v) is 6.81. The lowest BCUT2D eigenvalue weighted by molar-refractivity contribution is -0.120. The standard InChI is InChI=1S/C22H28N2O2/c1-3-26-21-11-7-6-10-20(21)23-15-22(25)24-16(2)18-13-12-17-8-4-5-9-19(17)14-18/h6-7,10-14,16,23H,3-5,8-9,15H2,1-2H3,(H,24,25). The van der Waals surface area contributed by atoms with Crippen LogP contribution in [0.15, 0.2) is 42.5 Å². The second kappa shape index (κ2) is 8.75. The minimum atomic E-state index is -0.0264. The quantitative estimate of drug-likeness (QED) is 0.783. The summed E-state index contributed by atoms with van der Waals surface area (Å²) < 4.78 is 5.58. The van der Waals surface area contributed by atoms with E-state index in [0.29, 0.717) is 6.61 Å². The maximum absolute atomic E-state index is 12.3. The van der Waals surface area contributed by atoms with Crippen LogP contribution in [-0.2, 0) is 17.6 Å². The molecule has 0 fully saturated rings. The van der Waals surface area contributed by atoms with Gasteiger partial charge in [-0.2, -0.15) is 0 Å². The van der Waals surface area contributed by atoms with Gasteiger partial charge in [0.15, 0.2) is 0 Å². The number of fused-ring (bicyclic) bond motifs is 1. The molecule has 0 spiro atoms.